The van der Waals surface area contributed by atoms with Crippen molar-refractivity contribution in [2.24, 2.45) is 0 Å². The third kappa shape index (κ3) is 5.86. The highest BCUT2D eigenvalue weighted by Gasteiger charge is 1.95. The number of allylic oxidation sites excluding steroid dienone is 4. The van der Waals surface area contributed by atoms with E-state index in [4.69, 9.17) is 11.1 Å². The van der Waals surface area contributed by atoms with E-state index < -0.39 is 8.11 Å². The molecular formula is C8H13ClSi. The molecule has 0 aliphatic carbocycles. The van der Waals surface area contributed by atoms with Gasteiger partial charge in [0, 0.05) is 0 Å². The third-order valence-electron chi connectivity index (χ3n) is 1.05. The second-order valence-electron chi connectivity index (χ2n) is 1.94. The number of hydrogen-bond donors (Lipinski definition) is 0. The Hall–Kier alpha value is -0.273. The van der Waals surface area contributed by atoms with Crippen LogP contribution in [0.1, 0.15) is 6.92 Å². The molecule has 0 radical (unpaired) electrons. The Bertz CT molecular complexity index is 138. The van der Waals surface area contributed by atoms with E-state index in [1.54, 1.807) is 6.08 Å². The lowest BCUT2D eigenvalue weighted by molar-refractivity contribution is 1.61. The molecule has 1 unspecified atom stereocenters. The molecule has 0 bridgehead atoms. The first kappa shape index (κ1) is 9.73. The Morgan fingerprint density at radius 1 is 1.60 bits per heavy atom. The summed E-state index contributed by atoms with van der Waals surface area (Å²) in [4.78, 5) is 0. The van der Waals surface area contributed by atoms with Gasteiger partial charge in [0.1, 0.15) is 0 Å². The molecule has 0 fully saturated rings. The lowest BCUT2D eigenvalue weighted by Gasteiger charge is -1.92. The highest BCUT2D eigenvalue weighted by atomic mass is 35.6. The lowest BCUT2D eigenvalue weighted by atomic mass is 10.6. The second-order valence-corrected chi connectivity index (χ2v) is 5.51. The van der Waals surface area contributed by atoms with Crippen molar-refractivity contribution in [3.8, 4) is 0 Å². The largest absolute Gasteiger partial charge is 0.168 e. The summed E-state index contributed by atoms with van der Waals surface area (Å²) in [6, 6.07) is 1.03. The van der Waals surface area contributed by atoms with Gasteiger partial charge in [0.05, 0.1) is 0 Å². The van der Waals surface area contributed by atoms with Gasteiger partial charge in [0.2, 0.25) is 0 Å². The van der Waals surface area contributed by atoms with Gasteiger partial charge in [-0.25, -0.2) is 0 Å². The van der Waals surface area contributed by atoms with Crippen LogP contribution in [0.25, 0.3) is 0 Å². The van der Waals surface area contributed by atoms with E-state index in [2.05, 4.69) is 18.4 Å². The molecule has 0 aliphatic rings. The lowest BCUT2D eigenvalue weighted by Crippen LogP contribution is -1.94. The zero-order valence-corrected chi connectivity index (χ0v) is 8.17. The SMILES string of the molecule is C=CC=C[SiH](Cl)CC=CC. The average molecular weight is 173 g/mol. The van der Waals surface area contributed by atoms with E-state index in [1.165, 1.54) is 0 Å². The molecule has 1 atom stereocenters. The van der Waals surface area contributed by atoms with Gasteiger partial charge in [0.25, 0.3) is 0 Å². The molecule has 0 aromatic carbocycles. The van der Waals surface area contributed by atoms with Crippen molar-refractivity contribution in [3.05, 3.63) is 36.6 Å². The van der Waals surface area contributed by atoms with Crippen molar-refractivity contribution in [1.82, 2.24) is 0 Å². The topological polar surface area (TPSA) is 0 Å². The summed E-state index contributed by atoms with van der Waals surface area (Å²) in [5.74, 6) is 0. The Kier molecular flexibility index (Phi) is 6.65. The Morgan fingerprint density at radius 3 is 2.80 bits per heavy atom. The molecule has 0 heterocycles. The first-order valence-corrected chi connectivity index (χ1v) is 6.58. The van der Waals surface area contributed by atoms with Crippen LogP contribution in [0, 0.1) is 0 Å². The summed E-state index contributed by atoms with van der Waals surface area (Å²) in [6.07, 6.45) is 7.83. The number of halogens is 1. The summed E-state index contributed by atoms with van der Waals surface area (Å²) in [6.45, 7) is 5.58. The van der Waals surface area contributed by atoms with Crippen LogP contribution in [0.5, 0.6) is 0 Å². The molecule has 2 heteroatoms. The monoisotopic (exact) mass is 172 g/mol. The highest BCUT2D eigenvalue weighted by molar-refractivity contribution is 7.10. The van der Waals surface area contributed by atoms with Crippen molar-refractivity contribution in [3.63, 3.8) is 0 Å². The van der Waals surface area contributed by atoms with Crippen LogP contribution in [0.15, 0.2) is 36.6 Å². The van der Waals surface area contributed by atoms with Crippen LogP contribution in [0.3, 0.4) is 0 Å². The van der Waals surface area contributed by atoms with E-state index in [1.807, 2.05) is 19.1 Å². The maximum Gasteiger partial charge on any atom is 0.168 e. The third-order valence-corrected chi connectivity index (χ3v) is 3.39. The molecule has 0 N–H and O–H groups in total. The van der Waals surface area contributed by atoms with Crippen molar-refractivity contribution in [2.75, 3.05) is 0 Å². The molecule has 0 saturated carbocycles. The Morgan fingerprint density at radius 2 is 2.30 bits per heavy atom. The molecule has 0 nitrogen and oxygen atoms in total. The quantitative estimate of drug-likeness (QED) is 0.265. The van der Waals surface area contributed by atoms with E-state index in [9.17, 15) is 0 Å². The maximum atomic E-state index is 5.99. The molecule has 0 spiro atoms. The summed E-state index contributed by atoms with van der Waals surface area (Å²) in [5.41, 5.74) is 2.06. The van der Waals surface area contributed by atoms with Gasteiger partial charge >= 0.3 is 0 Å². The van der Waals surface area contributed by atoms with Gasteiger partial charge in [0.15, 0.2) is 8.11 Å². The van der Waals surface area contributed by atoms with Crippen LogP contribution in [-0.4, -0.2) is 8.11 Å². The predicted octanol–water partition coefficient (Wildman–Crippen LogP) is 2.81. The second kappa shape index (κ2) is 6.84. The summed E-state index contributed by atoms with van der Waals surface area (Å²) in [7, 11) is -1.10. The van der Waals surface area contributed by atoms with Crippen molar-refractivity contribution in [1.29, 1.82) is 0 Å². The van der Waals surface area contributed by atoms with Gasteiger partial charge in [-0.1, -0.05) is 36.6 Å². The minimum atomic E-state index is -1.10. The van der Waals surface area contributed by atoms with Crippen molar-refractivity contribution < 1.29 is 0 Å². The molecular weight excluding hydrogens is 160 g/mol. The highest BCUT2D eigenvalue weighted by Crippen LogP contribution is 2.00. The summed E-state index contributed by atoms with van der Waals surface area (Å²) >= 11 is 5.99. The minimum Gasteiger partial charge on any atom is -0.166 e. The molecule has 0 amide bonds. The standard InChI is InChI=1S/C8H13ClSi/c1-3-5-7-10(9)8-6-4-2/h3-7,10H,1,8H2,2H3. The number of rotatable bonds is 4. The fourth-order valence-corrected chi connectivity index (χ4v) is 2.19. The Labute approximate surface area is 69.2 Å². The molecule has 0 aromatic heterocycles. The molecule has 0 saturated heterocycles. The zero-order valence-electron chi connectivity index (χ0n) is 6.26. The maximum absolute atomic E-state index is 5.99. The van der Waals surface area contributed by atoms with Crippen LogP contribution < -0.4 is 0 Å². The van der Waals surface area contributed by atoms with E-state index >= 15 is 0 Å². The minimum absolute atomic E-state index is 1.03. The first-order valence-electron chi connectivity index (χ1n) is 3.35. The fourth-order valence-electron chi connectivity index (χ4n) is 0.544. The number of hydrogen-bond acceptors (Lipinski definition) is 0. The average Bonchev–Trinajstić information content (AvgIpc) is 1.97. The molecule has 0 aliphatic heterocycles. The summed E-state index contributed by atoms with van der Waals surface area (Å²) in [5, 5.41) is 0. The Balaban J connectivity index is 3.51. The van der Waals surface area contributed by atoms with E-state index in [0.29, 0.717) is 0 Å². The fraction of sp³-hybridized carbons (Fsp3) is 0.250. The summed E-state index contributed by atoms with van der Waals surface area (Å²) < 4.78 is 0. The molecule has 10 heavy (non-hydrogen) atoms. The smallest absolute Gasteiger partial charge is 0.166 e. The van der Waals surface area contributed by atoms with Gasteiger partial charge in [-0.3, -0.25) is 0 Å². The van der Waals surface area contributed by atoms with Gasteiger partial charge in [-0.2, -0.15) is 11.1 Å². The van der Waals surface area contributed by atoms with Gasteiger partial charge in [-0.15, -0.1) is 0 Å². The van der Waals surface area contributed by atoms with Crippen LogP contribution in [0.4, 0.5) is 0 Å². The zero-order chi connectivity index (χ0) is 7.82. The molecule has 0 rings (SSSR count). The molecule has 0 aromatic rings. The first-order chi connectivity index (χ1) is 4.81. The van der Waals surface area contributed by atoms with Crippen LogP contribution in [-0.2, 0) is 0 Å². The van der Waals surface area contributed by atoms with Gasteiger partial charge in [-0.05, 0) is 13.0 Å². The normalized spacial score (nSPS) is 14.6. The van der Waals surface area contributed by atoms with Crippen molar-refractivity contribution in [2.45, 2.75) is 13.0 Å². The van der Waals surface area contributed by atoms with Crippen LogP contribution >= 0.6 is 11.1 Å². The van der Waals surface area contributed by atoms with Crippen molar-refractivity contribution >= 4 is 19.2 Å². The molecule has 56 valence electrons. The predicted molar refractivity (Wildman–Crippen MR) is 52.0 cm³/mol. The van der Waals surface area contributed by atoms with Gasteiger partial charge < -0.3 is 0 Å². The van der Waals surface area contributed by atoms with E-state index in [0.717, 1.165) is 6.04 Å². The van der Waals surface area contributed by atoms with Crippen LogP contribution in [0.2, 0.25) is 6.04 Å². The van der Waals surface area contributed by atoms with E-state index in [-0.39, 0.29) is 0 Å².